The van der Waals surface area contributed by atoms with E-state index in [1.807, 2.05) is 0 Å². The molecule has 0 aliphatic carbocycles. The summed E-state index contributed by atoms with van der Waals surface area (Å²) < 4.78 is 0. The average molecular weight is 363 g/mol. The molecule has 0 radical (unpaired) electrons. The molecule has 1 aliphatic rings. The first-order valence-corrected chi connectivity index (χ1v) is 9.84. The minimum Gasteiger partial charge on any atom is -0.289 e. The molecule has 1 heterocycles. The van der Waals surface area contributed by atoms with Gasteiger partial charge in [0, 0.05) is 0 Å². The molecule has 0 aromatic heterocycles. The van der Waals surface area contributed by atoms with Crippen molar-refractivity contribution in [1.29, 1.82) is 0 Å². The van der Waals surface area contributed by atoms with Gasteiger partial charge in [-0.05, 0) is 55.4 Å². The molecule has 1 atom stereocenters. The van der Waals surface area contributed by atoms with E-state index in [9.17, 15) is 0 Å². The Labute approximate surface area is 166 Å². The van der Waals surface area contributed by atoms with Crippen LogP contribution in [0.25, 0.3) is 5.57 Å². The molecule has 0 bridgehead atoms. The van der Waals surface area contributed by atoms with Crippen molar-refractivity contribution in [2.24, 2.45) is 11.0 Å². The summed E-state index contributed by atoms with van der Waals surface area (Å²) in [6.07, 6.45) is 15.7. The van der Waals surface area contributed by atoms with Crippen LogP contribution in [0.2, 0.25) is 0 Å². The molecule has 144 valence electrons. The highest BCUT2D eigenvalue weighted by Gasteiger charge is 2.12. The highest BCUT2D eigenvalue weighted by Crippen LogP contribution is 2.21. The van der Waals surface area contributed by atoms with Gasteiger partial charge in [-0.15, -0.1) is 12.3 Å². The normalized spacial score (nSPS) is 15.4. The quantitative estimate of drug-likeness (QED) is 0.408. The zero-order chi connectivity index (χ0) is 20.1. The Morgan fingerprint density at radius 2 is 1.93 bits per heavy atom. The summed E-state index contributed by atoms with van der Waals surface area (Å²) in [7, 11) is 0. The second kappa shape index (κ2) is 12.8. The van der Waals surface area contributed by atoms with Crippen LogP contribution in [0.4, 0.5) is 0 Å². The van der Waals surface area contributed by atoms with Gasteiger partial charge in [0.2, 0.25) is 0 Å². The predicted octanol–water partition coefficient (Wildman–Crippen LogP) is 6.34. The zero-order valence-electron chi connectivity index (χ0n) is 17.6. The van der Waals surface area contributed by atoms with Gasteiger partial charge in [0.15, 0.2) is 0 Å². The van der Waals surface area contributed by atoms with Gasteiger partial charge in [-0.2, -0.15) is 5.10 Å². The number of benzene rings is 1. The number of hydrogen-bond donors (Lipinski definition) is 0. The average Bonchev–Trinajstić information content (AvgIpc) is 2.68. The summed E-state index contributed by atoms with van der Waals surface area (Å²) in [5.41, 5.74) is 5.23. The number of terminal acetylenes is 1. The lowest BCUT2D eigenvalue weighted by Crippen LogP contribution is -2.26. The molecule has 1 aromatic rings. The van der Waals surface area contributed by atoms with Crippen molar-refractivity contribution in [1.82, 2.24) is 5.01 Å². The Morgan fingerprint density at radius 3 is 2.48 bits per heavy atom. The van der Waals surface area contributed by atoms with Gasteiger partial charge in [0.05, 0.1) is 18.8 Å². The van der Waals surface area contributed by atoms with Crippen molar-refractivity contribution in [2.45, 2.75) is 47.5 Å². The molecule has 1 aliphatic heterocycles. The lowest BCUT2D eigenvalue weighted by molar-refractivity contribution is 0.331. The number of hydrogen-bond acceptors (Lipinski definition) is 2. The van der Waals surface area contributed by atoms with Crippen LogP contribution in [0.1, 0.15) is 53.0 Å². The van der Waals surface area contributed by atoms with Gasteiger partial charge in [-0.3, -0.25) is 5.01 Å². The second-order valence-electron chi connectivity index (χ2n) is 6.74. The van der Waals surface area contributed by atoms with E-state index < -0.39 is 0 Å². The largest absolute Gasteiger partial charge is 0.289 e. The lowest BCUT2D eigenvalue weighted by atomic mass is 9.96. The Balaban J connectivity index is 0.00000114. The van der Waals surface area contributed by atoms with Gasteiger partial charge in [0.25, 0.3) is 0 Å². The van der Waals surface area contributed by atoms with Gasteiger partial charge in [-0.25, -0.2) is 0 Å². The molecule has 0 amide bonds. The number of allylic oxidation sites excluding steroid dienone is 4. The molecular weight excluding hydrogens is 328 g/mol. The Bertz CT molecular complexity index is 714. The van der Waals surface area contributed by atoms with Crippen LogP contribution >= 0.6 is 0 Å². The van der Waals surface area contributed by atoms with Crippen LogP contribution < -0.4 is 0 Å². The zero-order valence-corrected chi connectivity index (χ0v) is 17.6. The lowest BCUT2D eigenvalue weighted by Gasteiger charge is -2.25. The third kappa shape index (κ3) is 8.13. The molecule has 2 rings (SSSR count). The minimum atomic E-state index is 0.566. The smallest absolute Gasteiger partial charge is 0.0580 e. The predicted molar refractivity (Wildman–Crippen MR) is 121 cm³/mol. The van der Waals surface area contributed by atoms with E-state index in [1.165, 1.54) is 16.7 Å². The summed E-state index contributed by atoms with van der Waals surface area (Å²) in [5.74, 6) is 2.82. The molecule has 27 heavy (non-hydrogen) atoms. The first kappa shape index (κ1) is 22.5. The maximum atomic E-state index is 4.65. The van der Waals surface area contributed by atoms with E-state index in [0.29, 0.717) is 5.92 Å². The van der Waals surface area contributed by atoms with E-state index in [1.54, 1.807) is 6.92 Å². The van der Waals surface area contributed by atoms with Gasteiger partial charge in [-0.1, -0.05) is 69.3 Å². The van der Waals surface area contributed by atoms with Gasteiger partial charge in [0.1, 0.15) is 0 Å². The summed E-state index contributed by atoms with van der Waals surface area (Å²) in [5, 5.41) is 6.81. The second-order valence-corrected chi connectivity index (χ2v) is 6.74. The molecule has 0 spiro atoms. The number of nitrogens with zero attached hydrogens (tertiary/aromatic N) is 2. The van der Waals surface area contributed by atoms with Crippen molar-refractivity contribution >= 4 is 11.3 Å². The fourth-order valence-electron chi connectivity index (χ4n) is 2.87. The minimum absolute atomic E-state index is 0.566. The van der Waals surface area contributed by atoms with Crippen LogP contribution in [0.5, 0.6) is 0 Å². The first-order valence-electron chi connectivity index (χ1n) is 9.84. The molecule has 1 unspecified atom stereocenters. The summed E-state index contributed by atoms with van der Waals surface area (Å²) in [6.45, 7) is 12.3. The molecule has 0 fully saturated rings. The SMILES string of the molecule is C#CC.CC/C(=C\C=C(/CN1CC=CC(C)=N1)C(C)CC)c1ccccc1. The van der Waals surface area contributed by atoms with Crippen molar-refractivity contribution < 1.29 is 0 Å². The summed E-state index contributed by atoms with van der Waals surface area (Å²) in [6, 6.07) is 10.7. The standard InChI is InChI=1S/C22H30N2.C3H4/c1-5-18(3)22(17-24-16-10-11-19(4)23-24)15-14-20(6-2)21-12-8-7-9-13-21;1-3-2/h7-15,18H,5-6,16-17H2,1-4H3;1H,2H3/b20-14+,22-15+;. The topological polar surface area (TPSA) is 15.6 Å². The fraction of sp³-hybridized carbons (Fsp3) is 0.400. The van der Waals surface area contributed by atoms with Crippen molar-refractivity contribution in [2.75, 3.05) is 13.1 Å². The highest BCUT2D eigenvalue weighted by molar-refractivity contribution is 5.93. The summed E-state index contributed by atoms with van der Waals surface area (Å²) >= 11 is 0. The third-order valence-corrected chi connectivity index (χ3v) is 4.61. The van der Waals surface area contributed by atoms with Crippen LogP contribution in [0, 0.1) is 18.3 Å². The molecule has 2 heteroatoms. The Kier molecular flexibility index (Phi) is 10.6. The fourth-order valence-corrected chi connectivity index (χ4v) is 2.87. The first-order chi connectivity index (χ1) is 13.0. The van der Waals surface area contributed by atoms with Crippen LogP contribution in [0.15, 0.2) is 65.3 Å². The third-order valence-electron chi connectivity index (χ3n) is 4.61. The van der Waals surface area contributed by atoms with E-state index in [4.69, 9.17) is 0 Å². The van der Waals surface area contributed by atoms with E-state index in [0.717, 1.165) is 31.6 Å². The van der Waals surface area contributed by atoms with Crippen molar-refractivity contribution in [3.63, 3.8) is 0 Å². The maximum Gasteiger partial charge on any atom is 0.0580 e. The molecule has 0 saturated heterocycles. The van der Waals surface area contributed by atoms with Crippen LogP contribution in [-0.4, -0.2) is 23.8 Å². The summed E-state index contributed by atoms with van der Waals surface area (Å²) in [4.78, 5) is 0. The van der Waals surface area contributed by atoms with Crippen molar-refractivity contribution in [3.05, 3.63) is 65.8 Å². The molecule has 2 nitrogen and oxygen atoms in total. The van der Waals surface area contributed by atoms with Crippen LogP contribution in [-0.2, 0) is 0 Å². The van der Waals surface area contributed by atoms with Crippen molar-refractivity contribution in [3.8, 4) is 12.3 Å². The maximum absolute atomic E-state index is 4.65. The van der Waals surface area contributed by atoms with Gasteiger partial charge >= 0.3 is 0 Å². The Morgan fingerprint density at radius 1 is 1.26 bits per heavy atom. The number of hydrazone groups is 1. The van der Waals surface area contributed by atoms with E-state index in [-0.39, 0.29) is 0 Å². The Hall–Kier alpha value is -2.53. The monoisotopic (exact) mass is 362 g/mol. The van der Waals surface area contributed by atoms with Crippen LogP contribution in [0.3, 0.4) is 0 Å². The molecule has 0 N–H and O–H groups in total. The molecule has 1 aromatic carbocycles. The molecular formula is C25H34N2. The molecule has 0 saturated carbocycles. The van der Waals surface area contributed by atoms with E-state index >= 15 is 0 Å². The van der Waals surface area contributed by atoms with Gasteiger partial charge < -0.3 is 0 Å². The highest BCUT2D eigenvalue weighted by atomic mass is 15.5. The number of rotatable bonds is 7. The van der Waals surface area contributed by atoms with E-state index in [2.05, 4.69) is 105 Å².